The van der Waals surface area contributed by atoms with Crippen LogP contribution in [-0.4, -0.2) is 41.7 Å². The van der Waals surface area contributed by atoms with Crippen molar-refractivity contribution < 1.29 is 8.42 Å². The van der Waals surface area contributed by atoms with E-state index in [9.17, 15) is 8.42 Å². The quantitative estimate of drug-likeness (QED) is 0.562. The second-order valence-electron chi connectivity index (χ2n) is 3.70. The van der Waals surface area contributed by atoms with E-state index in [1.54, 1.807) is 11.5 Å². The van der Waals surface area contributed by atoms with E-state index in [4.69, 9.17) is 11.1 Å². The Morgan fingerprint density at radius 3 is 2.65 bits per heavy atom. The number of nitrogens with two attached hydrogens (primary N) is 1. The third-order valence-electron chi connectivity index (χ3n) is 2.36. The van der Waals surface area contributed by atoms with E-state index in [0.717, 1.165) is 4.31 Å². The zero-order chi connectivity index (χ0) is 13.2. The number of imidazole rings is 1. The average Bonchev–Trinajstić information content (AvgIpc) is 2.59. The summed E-state index contributed by atoms with van der Waals surface area (Å²) in [7, 11) is -2.29. The van der Waals surface area contributed by atoms with Crippen molar-refractivity contribution in [3.8, 4) is 0 Å². The van der Waals surface area contributed by atoms with Gasteiger partial charge in [-0.1, -0.05) is 0 Å². The first-order valence-electron chi connectivity index (χ1n) is 5.12. The van der Waals surface area contributed by atoms with Crippen molar-refractivity contribution in [1.82, 2.24) is 13.9 Å². The summed E-state index contributed by atoms with van der Waals surface area (Å²) in [5, 5.41) is 7.08. The van der Waals surface area contributed by atoms with Crippen molar-refractivity contribution in [3.63, 3.8) is 0 Å². The van der Waals surface area contributed by atoms with Gasteiger partial charge in [-0.2, -0.15) is 4.31 Å². The molecule has 0 aliphatic heterocycles. The Labute approximate surface area is 101 Å². The summed E-state index contributed by atoms with van der Waals surface area (Å²) in [4.78, 5) is 4.00. The lowest BCUT2D eigenvalue weighted by Crippen LogP contribution is -2.35. The fourth-order valence-corrected chi connectivity index (χ4v) is 2.54. The van der Waals surface area contributed by atoms with Crippen LogP contribution in [0.15, 0.2) is 11.2 Å². The lowest BCUT2D eigenvalue weighted by molar-refractivity contribution is 0.501. The van der Waals surface area contributed by atoms with Crippen molar-refractivity contribution in [1.29, 1.82) is 5.41 Å². The van der Waals surface area contributed by atoms with Crippen molar-refractivity contribution >= 4 is 15.9 Å². The highest BCUT2D eigenvalue weighted by Crippen LogP contribution is 2.13. The van der Waals surface area contributed by atoms with Gasteiger partial charge in [-0.25, -0.2) is 13.4 Å². The van der Waals surface area contributed by atoms with E-state index in [-0.39, 0.29) is 17.4 Å². The SMILES string of the molecule is CCn1cc(S(=O)(=O)N(C)CC(=N)N)nc1C. The van der Waals surface area contributed by atoms with E-state index in [0.29, 0.717) is 12.4 Å². The Balaban J connectivity index is 3.08. The van der Waals surface area contributed by atoms with Crippen molar-refractivity contribution in [2.45, 2.75) is 25.4 Å². The minimum atomic E-state index is -3.67. The summed E-state index contributed by atoms with van der Waals surface area (Å²) in [5.74, 6) is 0.435. The smallest absolute Gasteiger partial charge is 0.262 e. The fraction of sp³-hybridized carbons (Fsp3) is 0.556. The molecule has 7 nitrogen and oxygen atoms in total. The van der Waals surface area contributed by atoms with E-state index in [1.807, 2.05) is 6.92 Å². The highest BCUT2D eigenvalue weighted by Gasteiger charge is 2.24. The third-order valence-corrected chi connectivity index (χ3v) is 4.04. The van der Waals surface area contributed by atoms with Crippen molar-refractivity contribution in [2.24, 2.45) is 5.73 Å². The summed E-state index contributed by atoms with van der Waals surface area (Å²) in [5.41, 5.74) is 5.18. The predicted molar refractivity (Wildman–Crippen MR) is 64.4 cm³/mol. The summed E-state index contributed by atoms with van der Waals surface area (Å²) in [6, 6.07) is 0. The van der Waals surface area contributed by atoms with E-state index < -0.39 is 10.0 Å². The molecule has 0 saturated carbocycles. The molecule has 1 aromatic heterocycles. The standard InChI is InChI=1S/C9H17N5O2S/c1-4-14-6-9(12-7(14)2)17(15,16)13(3)5-8(10)11/h6H,4-5H2,1-3H3,(H3,10,11). The molecule has 0 aliphatic carbocycles. The second kappa shape index (κ2) is 4.84. The van der Waals surface area contributed by atoms with Gasteiger partial charge >= 0.3 is 0 Å². The topological polar surface area (TPSA) is 105 Å². The first-order chi connectivity index (χ1) is 7.78. The molecule has 0 atom stereocenters. The number of amidine groups is 1. The van der Waals surface area contributed by atoms with Crippen LogP contribution in [0.1, 0.15) is 12.7 Å². The maximum absolute atomic E-state index is 12.0. The summed E-state index contributed by atoms with van der Waals surface area (Å²) in [6.07, 6.45) is 1.49. The first-order valence-corrected chi connectivity index (χ1v) is 6.56. The van der Waals surface area contributed by atoms with Gasteiger partial charge in [0.15, 0.2) is 5.03 Å². The molecule has 3 N–H and O–H groups in total. The van der Waals surface area contributed by atoms with Crippen LogP contribution in [0.4, 0.5) is 0 Å². The third kappa shape index (κ3) is 2.83. The molecule has 0 amide bonds. The molecule has 96 valence electrons. The van der Waals surface area contributed by atoms with Gasteiger partial charge in [-0.05, 0) is 13.8 Å². The molecule has 0 radical (unpaired) electrons. The van der Waals surface area contributed by atoms with Gasteiger partial charge in [0.25, 0.3) is 10.0 Å². The normalized spacial score (nSPS) is 12.0. The van der Waals surface area contributed by atoms with Gasteiger partial charge in [0, 0.05) is 19.8 Å². The van der Waals surface area contributed by atoms with E-state index in [1.165, 1.54) is 13.2 Å². The molecule has 0 fully saturated rings. The molecule has 0 saturated heterocycles. The highest BCUT2D eigenvalue weighted by atomic mass is 32.2. The molecule has 0 spiro atoms. The Morgan fingerprint density at radius 2 is 2.24 bits per heavy atom. The van der Waals surface area contributed by atoms with Crippen LogP contribution in [0.3, 0.4) is 0 Å². The zero-order valence-corrected chi connectivity index (χ0v) is 11.0. The largest absolute Gasteiger partial charge is 0.387 e. The predicted octanol–water partition coefficient (Wildman–Crippen LogP) is -0.232. The molecule has 1 heterocycles. The molecule has 1 aromatic rings. The Bertz CT molecular complexity index is 519. The number of likely N-dealkylation sites (N-methyl/N-ethyl adjacent to an activating group) is 1. The molecule has 17 heavy (non-hydrogen) atoms. The maximum Gasteiger partial charge on any atom is 0.262 e. The minimum Gasteiger partial charge on any atom is -0.387 e. The lowest BCUT2D eigenvalue weighted by Gasteiger charge is -2.14. The zero-order valence-electron chi connectivity index (χ0n) is 10.1. The van der Waals surface area contributed by atoms with Crippen LogP contribution in [-0.2, 0) is 16.6 Å². The fourth-order valence-electron chi connectivity index (χ4n) is 1.41. The average molecular weight is 259 g/mol. The van der Waals surface area contributed by atoms with E-state index in [2.05, 4.69) is 4.98 Å². The Morgan fingerprint density at radius 1 is 1.65 bits per heavy atom. The van der Waals surface area contributed by atoms with Gasteiger partial charge < -0.3 is 10.3 Å². The number of hydrogen-bond acceptors (Lipinski definition) is 4. The van der Waals surface area contributed by atoms with E-state index >= 15 is 0 Å². The Hall–Kier alpha value is -1.41. The van der Waals surface area contributed by atoms with Gasteiger partial charge in [-0.15, -0.1) is 0 Å². The second-order valence-corrected chi connectivity index (χ2v) is 5.69. The van der Waals surface area contributed by atoms with Gasteiger partial charge in [-0.3, -0.25) is 5.41 Å². The molecule has 0 bridgehead atoms. The molecule has 0 aliphatic rings. The van der Waals surface area contributed by atoms with Crippen molar-refractivity contribution in [2.75, 3.05) is 13.6 Å². The number of sulfonamides is 1. The van der Waals surface area contributed by atoms with Gasteiger partial charge in [0.1, 0.15) is 11.7 Å². The van der Waals surface area contributed by atoms with Crippen LogP contribution in [0.25, 0.3) is 0 Å². The monoisotopic (exact) mass is 259 g/mol. The van der Waals surface area contributed by atoms with Gasteiger partial charge in [0.05, 0.1) is 6.54 Å². The maximum atomic E-state index is 12.0. The molecular weight excluding hydrogens is 242 g/mol. The lowest BCUT2D eigenvalue weighted by atomic mass is 10.6. The Kier molecular flexibility index (Phi) is 3.89. The number of nitrogens with one attached hydrogen (secondary N) is 1. The van der Waals surface area contributed by atoms with Crippen LogP contribution < -0.4 is 5.73 Å². The van der Waals surface area contributed by atoms with Gasteiger partial charge in [0.2, 0.25) is 0 Å². The van der Waals surface area contributed by atoms with Crippen molar-refractivity contribution in [3.05, 3.63) is 12.0 Å². The molecule has 1 rings (SSSR count). The minimum absolute atomic E-state index is 0.0133. The van der Waals surface area contributed by atoms with Crippen LogP contribution in [0, 0.1) is 12.3 Å². The number of rotatable bonds is 5. The number of nitrogens with zero attached hydrogens (tertiary/aromatic N) is 3. The van der Waals surface area contributed by atoms with Crippen LogP contribution in [0.2, 0.25) is 0 Å². The molecular formula is C9H17N5O2S. The van der Waals surface area contributed by atoms with Crippen LogP contribution >= 0.6 is 0 Å². The first kappa shape index (κ1) is 13.7. The van der Waals surface area contributed by atoms with Crippen LogP contribution in [0.5, 0.6) is 0 Å². The summed E-state index contributed by atoms with van der Waals surface area (Å²) < 4.78 is 26.8. The highest BCUT2D eigenvalue weighted by molar-refractivity contribution is 7.89. The number of aryl methyl sites for hydroxylation is 2. The molecule has 8 heteroatoms. The molecule has 0 aromatic carbocycles. The number of hydrogen-bond donors (Lipinski definition) is 2. The molecule has 0 unspecified atom stereocenters. The summed E-state index contributed by atoms with van der Waals surface area (Å²) >= 11 is 0. The number of aromatic nitrogens is 2. The summed E-state index contributed by atoms with van der Waals surface area (Å²) in [6.45, 7) is 4.17.